The summed E-state index contributed by atoms with van der Waals surface area (Å²) in [7, 11) is 1.60. The van der Waals surface area contributed by atoms with Crippen LogP contribution in [0.15, 0.2) is 58.0 Å². The molecular formula is C17H15N3O2S2. The molecule has 0 aliphatic rings. The van der Waals surface area contributed by atoms with Crippen molar-refractivity contribution < 1.29 is 9.53 Å². The summed E-state index contributed by atoms with van der Waals surface area (Å²) in [5.74, 6) is 0.799. The van der Waals surface area contributed by atoms with Crippen LogP contribution in [0.5, 0.6) is 5.75 Å². The first-order valence-electron chi connectivity index (χ1n) is 7.19. The maximum Gasteiger partial charge on any atom is 0.250 e. The average Bonchev–Trinajstić information content (AvgIpc) is 3.03. The second-order valence-electron chi connectivity index (χ2n) is 4.77. The number of para-hydroxylation sites is 2. The Morgan fingerprint density at radius 1 is 1.29 bits per heavy atom. The monoisotopic (exact) mass is 357 g/mol. The molecule has 5 nitrogen and oxygen atoms in total. The Hall–Kier alpha value is -2.38. The Morgan fingerprint density at radius 3 is 2.92 bits per heavy atom. The summed E-state index contributed by atoms with van der Waals surface area (Å²) in [5, 5.41) is 3.97. The van der Waals surface area contributed by atoms with Gasteiger partial charge in [0.25, 0.3) is 5.91 Å². The van der Waals surface area contributed by atoms with E-state index in [0.29, 0.717) is 5.75 Å². The number of benzene rings is 2. The zero-order valence-corrected chi connectivity index (χ0v) is 14.6. The third kappa shape index (κ3) is 4.12. The Balaban J connectivity index is 1.53. The molecule has 0 aliphatic carbocycles. The minimum atomic E-state index is -0.176. The smallest absolute Gasteiger partial charge is 0.250 e. The molecule has 0 spiro atoms. The molecule has 1 N–H and O–H groups in total. The molecular weight excluding hydrogens is 342 g/mol. The van der Waals surface area contributed by atoms with Crippen molar-refractivity contribution >= 4 is 45.4 Å². The van der Waals surface area contributed by atoms with Crippen molar-refractivity contribution in [2.75, 3.05) is 12.9 Å². The number of aromatic nitrogens is 1. The topological polar surface area (TPSA) is 63.6 Å². The maximum atomic E-state index is 11.9. The molecule has 3 rings (SSSR count). The van der Waals surface area contributed by atoms with E-state index in [1.807, 2.05) is 48.5 Å². The minimum absolute atomic E-state index is 0.176. The number of thioether (sulfide) groups is 1. The minimum Gasteiger partial charge on any atom is -0.496 e. The summed E-state index contributed by atoms with van der Waals surface area (Å²) >= 11 is 2.99. The molecule has 2 aromatic carbocycles. The number of carbonyl (C=O) groups excluding carboxylic acids is 1. The maximum absolute atomic E-state index is 11.9. The van der Waals surface area contributed by atoms with Gasteiger partial charge in [-0.25, -0.2) is 10.4 Å². The van der Waals surface area contributed by atoms with E-state index in [1.165, 1.54) is 11.8 Å². The van der Waals surface area contributed by atoms with E-state index in [4.69, 9.17) is 4.74 Å². The normalized spacial score (nSPS) is 11.0. The van der Waals surface area contributed by atoms with E-state index in [1.54, 1.807) is 24.7 Å². The number of nitrogens with one attached hydrogen (secondary N) is 1. The van der Waals surface area contributed by atoms with Crippen molar-refractivity contribution in [2.24, 2.45) is 5.10 Å². The lowest BCUT2D eigenvalue weighted by atomic mass is 10.2. The van der Waals surface area contributed by atoms with Crippen molar-refractivity contribution in [1.29, 1.82) is 0 Å². The van der Waals surface area contributed by atoms with E-state index in [0.717, 1.165) is 20.1 Å². The van der Waals surface area contributed by atoms with Gasteiger partial charge in [-0.05, 0) is 24.3 Å². The number of amides is 1. The molecule has 0 unspecified atom stereocenters. The molecule has 24 heavy (non-hydrogen) atoms. The number of hydrazone groups is 1. The average molecular weight is 357 g/mol. The van der Waals surface area contributed by atoms with Crippen LogP contribution in [-0.2, 0) is 4.79 Å². The number of ether oxygens (including phenoxy) is 1. The van der Waals surface area contributed by atoms with Crippen LogP contribution in [-0.4, -0.2) is 30.0 Å². The number of rotatable bonds is 6. The summed E-state index contributed by atoms with van der Waals surface area (Å²) in [4.78, 5) is 16.4. The zero-order chi connectivity index (χ0) is 16.8. The number of fused-ring (bicyclic) bond motifs is 1. The van der Waals surface area contributed by atoms with Crippen LogP contribution < -0.4 is 10.2 Å². The lowest BCUT2D eigenvalue weighted by Crippen LogP contribution is -2.19. The molecule has 0 atom stereocenters. The largest absolute Gasteiger partial charge is 0.496 e. The van der Waals surface area contributed by atoms with Crippen molar-refractivity contribution in [1.82, 2.24) is 10.4 Å². The second-order valence-corrected chi connectivity index (χ2v) is 7.02. The molecule has 122 valence electrons. The highest BCUT2D eigenvalue weighted by atomic mass is 32.2. The van der Waals surface area contributed by atoms with Gasteiger partial charge in [-0.3, -0.25) is 4.79 Å². The third-order valence-corrected chi connectivity index (χ3v) is 5.31. The summed E-state index contributed by atoms with van der Waals surface area (Å²) in [6.45, 7) is 0. The van der Waals surface area contributed by atoms with E-state index in [9.17, 15) is 4.79 Å². The highest BCUT2D eigenvalue weighted by Crippen LogP contribution is 2.28. The Morgan fingerprint density at radius 2 is 2.08 bits per heavy atom. The highest BCUT2D eigenvalue weighted by Gasteiger charge is 2.07. The van der Waals surface area contributed by atoms with E-state index in [2.05, 4.69) is 15.5 Å². The number of thiazole rings is 1. The number of nitrogens with zero attached hydrogens (tertiary/aromatic N) is 2. The number of hydrogen-bond donors (Lipinski definition) is 1. The van der Waals surface area contributed by atoms with Crippen molar-refractivity contribution in [3.05, 3.63) is 54.1 Å². The Labute approximate surface area is 147 Å². The fourth-order valence-electron chi connectivity index (χ4n) is 2.02. The number of carbonyl (C=O) groups is 1. The van der Waals surface area contributed by atoms with Gasteiger partial charge < -0.3 is 4.74 Å². The molecule has 0 bridgehead atoms. The summed E-state index contributed by atoms with van der Waals surface area (Å²) < 4.78 is 7.22. The van der Waals surface area contributed by atoms with Gasteiger partial charge in [0.05, 0.1) is 29.3 Å². The lowest BCUT2D eigenvalue weighted by Gasteiger charge is -2.03. The van der Waals surface area contributed by atoms with Gasteiger partial charge >= 0.3 is 0 Å². The molecule has 0 fully saturated rings. The predicted octanol–water partition coefficient (Wildman–Crippen LogP) is 3.55. The van der Waals surface area contributed by atoms with E-state index >= 15 is 0 Å². The lowest BCUT2D eigenvalue weighted by molar-refractivity contribution is -0.118. The third-order valence-electron chi connectivity index (χ3n) is 3.13. The van der Waals surface area contributed by atoms with E-state index in [-0.39, 0.29) is 11.7 Å². The fraction of sp³-hybridized carbons (Fsp3) is 0.118. The van der Waals surface area contributed by atoms with Crippen LogP contribution in [0.1, 0.15) is 5.56 Å². The van der Waals surface area contributed by atoms with Crippen molar-refractivity contribution in [2.45, 2.75) is 4.34 Å². The van der Waals surface area contributed by atoms with Gasteiger partial charge in [-0.1, -0.05) is 36.0 Å². The van der Waals surface area contributed by atoms with Crippen LogP contribution in [0, 0.1) is 0 Å². The molecule has 1 heterocycles. The first kappa shape index (κ1) is 16.5. The standard InChI is InChI=1S/C17H15N3O2S2/c1-22-14-8-4-2-6-12(14)10-18-20-16(21)11-23-17-19-13-7-3-5-9-15(13)24-17/h2-10H,11H2,1H3,(H,20,21)/b18-10+. The molecule has 7 heteroatoms. The highest BCUT2D eigenvalue weighted by molar-refractivity contribution is 8.01. The quantitative estimate of drug-likeness (QED) is 0.416. The fourth-order valence-corrected chi connectivity index (χ4v) is 3.88. The van der Waals surface area contributed by atoms with Crippen molar-refractivity contribution in [3.63, 3.8) is 0 Å². The molecule has 3 aromatic rings. The molecule has 0 saturated carbocycles. The Kier molecular flexibility index (Phi) is 5.45. The molecule has 0 saturated heterocycles. The van der Waals surface area contributed by atoms with Crippen LogP contribution in [0.4, 0.5) is 0 Å². The molecule has 0 radical (unpaired) electrons. The first-order valence-corrected chi connectivity index (χ1v) is 9.00. The molecule has 0 aliphatic heterocycles. The second kappa shape index (κ2) is 7.94. The SMILES string of the molecule is COc1ccccc1/C=N/NC(=O)CSc1nc2ccccc2s1. The van der Waals surface area contributed by atoms with Gasteiger partial charge in [0.2, 0.25) is 0 Å². The number of methoxy groups -OCH3 is 1. The van der Waals surface area contributed by atoms with Gasteiger partial charge in [0.15, 0.2) is 4.34 Å². The summed E-state index contributed by atoms with van der Waals surface area (Å²) in [6, 6.07) is 15.4. The Bertz CT molecular complexity index is 844. The predicted molar refractivity (Wildman–Crippen MR) is 99.1 cm³/mol. The number of hydrogen-bond acceptors (Lipinski definition) is 6. The molecule has 1 aromatic heterocycles. The van der Waals surface area contributed by atoms with Crippen LogP contribution in [0.3, 0.4) is 0 Å². The zero-order valence-electron chi connectivity index (χ0n) is 12.9. The van der Waals surface area contributed by atoms with Crippen LogP contribution in [0.2, 0.25) is 0 Å². The van der Waals surface area contributed by atoms with E-state index < -0.39 is 0 Å². The van der Waals surface area contributed by atoms with Crippen LogP contribution in [0.25, 0.3) is 10.2 Å². The molecule has 1 amide bonds. The summed E-state index contributed by atoms with van der Waals surface area (Å²) in [6.07, 6.45) is 1.57. The van der Waals surface area contributed by atoms with Crippen LogP contribution >= 0.6 is 23.1 Å². The van der Waals surface area contributed by atoms with Gasteiger partial charge in [-0.15, -0.1) is 11.3 Å². The van der Waals surface area contributed by atoms with Crippen molar-refractivity contribution in [3.8, 4) is 5.75 Å². The van der Waals surface area contributed by atoms with Gasteiger partial charge in [0, 0.05) is 5.56 Å². The van der Waals surface area contributed by atoms with Gasteiger partial charge in [0.1, 0.15) is 5.75 Å². The summed E-state index contributed by atoms with van der Waals surface area (Å²) in [5.41, 5.74) is 4.28. The van der Waals surface area contributed by atoms with Gasteiger partial charge in [-0.2, -0.15) is 5.10 Å². The first-order chi connectivity index (χ1) is 11.8.